The number of alkyl halides is 1. The van der Waals surface area contributed by atoms with Crippen molar-refractivity contribution < 1.29 is 5.11 Å². The summed E-state index contributed by atoms with van der Waals surface area (Å²) in [4.78, 5) is 0. The van der Waals surface area contributed by atoms with Crippen molar-refractivity contribution in [1.29, 1.82) is 0 Å². The molecular formula is C6H13BrO. The Hall–Kier alpha value is 0.440. The minimum atomic E-state index is -0.301. The molecule has 50 valence electrons. The third kappa shape index (κ3) is 6.44. The molecule has 0 aromatic rings. The molecule has 2 heteroatoms. The maximum atomic E-state index is 8.72. The van der Waals surface area contributed by atoms with Crippen LogP contribution < -0.4 is 0 Å². The lowest BCUT2D eigenvalue weighted by Gasteiger charge is -2.03. The van der Waals surface area contributed by atoms with E-state index in [2.05, 4.69) is 29.8 Å². The quantitative estimate of drug-likeness (QED) is 0.661. The van der Waals surface area contributed by atoms with Crippen LogP contribution >= 0.6 is 15.9 Å². The second-order valence-corrected chi connectivity index (χ2v) is 3.46. The normalized spacial score (nSPS) is 14.6. The third-order valence-electron chi connectivity index (χ3n) is 0.982. The number of aliphatic hydroxyl groups excluding tert-OH is 1. The van der Waals surface area contributed by atoms with E-state index in [1.54, 1.807) is 0 Å². The van der Waals surface area contributed by atoms with Crippen molar-refractivity contribution >= 4 is 15.9 Å². The molecule has 0 rings (SSSR count). The molecule has 0 amide bonds. The van der Waals surface area contributed by atoms with Crippen molar-refractivity contribution in [1.82, 2.24) is 0 Å². The summed E-state index contributed by atoms with van der Waals surface area (Å²) in [6, 6.07) is 0. The van der Waals surface area contributed by atoms with Crippen molar-refractivity contribution in [2.45, 2.75) is 31.7 Å². The lowest BCUT2D eigenvalue weighted by atomic mass is 10.1. The highest BCUT2D eigenvalue weighted by molar-refractivity contribution is 9.09. The zero-order valence-electron chi connectivity index (χ0n) is 5.39. The molecule has 0 heterocycles. The van der Waals surface area contributed by atoms with E-state index < -0.39 is 0 Å². The van der Waals surface area contributed by atoms with E-state index in [0.29, 0.717) is 5.92 Å². The first-order valence-electron chi connectivity index (χ1n) is 2.95. The lowest BCUT2D eigenvalue weighted by Crippen LogP contribution is -1.97. The van der Waals surface area contributed by atoms with E-state index in [4.69, 9.17) is 5.11 Å². The Balaban J connectivity index is 2.93. The maximum absolute atomic E-state index is 8.72. The van der Waals surface area contributed by atoms with E-state index in [1.165, 1.54) is 0 Å². The molecule has 0 saturated carbocycles. The fourth-order valence-electron chi connectivity index (χ4n) is 0.471. The summed E-state index contributed by atoms with van der Waals surface area (Å²) in [5.41, 5.74) is 0. The molecule has 1 unspecified atom stereocenters. The third-order valence-corrected chi connectivity index (χ3v) is 1.44. The van der Waals surface area contributed by atoms with Gasteiger partial charge in [0, 0.05) is 0 Å². The zero-order valence-corrected chi connectivity index (χ0v) is 6.98. The van der Waals surface area contributed by atoms with E-state index in [9.17, 15) is 0 Å². The average Bonchev–Trinajstić information content (AvgIpc) is 1.61. The Morgan fingerprint density at radius 3 is 2.00 bits per heavy atom. The van der Waals surface area contributed by atoms with Crippen LogP contribution in [0.1, 0.15) is 26.7 Å². The Morgan fingerprint density at radius 2 is 1.88 bits per heavy atom. The molecule has 0 bridgehead atoms. The van der Waals surface area contributed by atoms with Gasteiger partial charge in [-0.2, -0.15) is 0 Å². The summed E-state index contributed by atoms with van der Waals surface area (Å²) >= 11 is 3.06. The van der Waals surface area contributed by atoms with E-state index >= 15 is 0 Å². The average molecular weight is 181 g/mol. The molecule has 0 fully saturated rings. The van der Waals surface area contributed by atoms with Crippen molar-refractivity contribution in [2.75, 3.05) is 0 Å². The number of halogens is 1. The Morgan fingerprint density at radius 1 is 1.38 bits per heavy atom. The van der Waals surface area contributed by atoms with Gasteiger partial charge in [0.15, 0.2) is 0 Å². The molecule has 0 aromatic heterocycles. The maximum Gasteiger partial charge on any atom is 0.109 e. The first kappa shape index (κ1) is 8.44. The van der Waals surface area contributed by atoms with Gasteiger partial charge in [-0.15, -0.1) is 0 Å². The minimum Gasteiger partial charge on any atom is -0.382 e. The first-order valence-corrected chi connectivity index (χ1v) is 3.86. The van der Waals surface area contributed by atoms with Crippen molar-refractivity contribution in [2.24, 2.45) is 5.92 Å². The van der Waals surface area contributed by atoms with Crippen molar-refractivity contribution in [3.63, 3.8) is 0 Å². The van der Waals surface area contributed by atoms with Crippen LogP contribution in [0.2, 0.25) is 0 Å². The largest absolute Gasteiger partial charge is 0.382 e. The highest BCUT2D eigenvalue weighted by atomic mass is 79.9. The monoisotopic (exact) mass is 180 g/mol. The molecular weight excluding hydrogens is 168 g/mol. The van der Waals surface area contributed by atoms with Gasteiger partial charge in [0.05, 0.1) is 0 Å². The number of rotatable bonds is 3. The summed E-state index contributed by atoms with van der Waals surface area (Å²) in [5, 5.41) is 8.42. The molecule has 0 radical (unpaired) electrons. The smallest absolute Gasteiger partial charge is 0.109 e. The van der Waals surface area contributed by atoms with Gasteiger partial charge in [-0.25, -0.2) is 0 Å². The predicted molar refractivity (Wildman–Crippen MR) is 39.0 cm³/mol. The molecule has 0 aliphatic heterocycles. The summed E-state index contributed by atoms with van der Waals surface area (Å²) in [5.74, 6) is 0.696. The van der Waals surface area contributed by atoms with Crippen LogP contribution in [0.15, 0.2) is 0 Å². The van der Waals surface area contributed by atoms with Crippen molar-refractivity contribution in [3.05, 3.63) is 0 Å². The summed E-state index contributed by atoms with van der Waals surface area (Å²) in [7, 11) is 0. The fraction of sp³-hybridized carbons (Fsp3) is 1.00. The van der Waals surface area contributed by atoms with Gasteiger partial charge >= 0.3 is 0 Å². The van der Waals surface area contributed by atoms with Crippen LogP contribution in [0.5, 0.6) is 0 Å². The Labute approximate surface area is 59.2 Å². The Kier molecular flexibility index (Phi) is 4.57. The topological polar surface area (TPSA) is 20.2 Å². The molecule has 8 heavy (non-hydrogen) atoms. The SMILES string of the molecule is CC(C)CCC(O)Br. The molecule has 0 aromatic carbocycles. The molecule has 1 atom stereocenters. The van der Waals surface area contributed by atoms with Gasteiger partial charge in [-0.05, 0) is 18.8 Å². The fourth-order valence-corrected chi connectivity index (χ4v) is 0.735. The predicted octanol–water partition coefficient (Wildman–Crippen LogP) is 2.14. The van der Waals surface area contributed by atoms with Crippen LogP contribution in [0.25, 0.3) is 0 Å². The van der Waals surface area contributed by atoms with E-state index in [0.717, 1.165) is 12.8 Å². The van der Waals surface area contributed by atoms with E-state index in [1.807, 2.05) is 0 Å². The summed E-state index contributed by atoms with van der Waals surface area (Å²) in [6.07, 6.45) is 1.95. The van der Waals surface area contributed by atoms with Gasteiger partial charge in [0.25, 0.3) is 0 Å². The standard InChI is InChI=1S/C6H13BrO/c1-5(2)3-4-6(7)8/h5-6,8H,3-4H2,1-2H3. The lowest BCUT2D eigenvalue weighted by molar-refractivity contribution is 0.248. The van der Waals surface area contributed by atoms with Gasteiger partial charge in [0.2, 0.25) is 0 Å². The van der Waals surface area contributed by atoms with Gasteiger partial charge in [-0.3, -0.25) is 0 Å². The molecule has 1 N–H and O–H groups in total. The van der Waals surface area contributed by atoms with Crippen LogP contribution in [0.3, 0.4) is 0 Å². The van der Waals surface area contributed by atoms with Crippen LogP contribution in [0, 0.1) is 5.92 Å². The van der Waals surface area contributed by atoms with Gasteiger partial charge in [-0.1, -0.05) is 29.8 Å². The molecule has 1 nitrogen and oxygen atoms in total. The van der Waals surface area contributed by atoms with Gasteiger partial charge in [0.1, 0.15) is 5.01 Å². The summed E-state index contributed by atoms with van der Waals surface area (Å²) < 4.78 is 0. The van der Waals surface area contributed by atoms with E-state index in [-0.39, 0.29) is 5.01 Å². The highest BCUT2D eigenvalue weighted by Gasteiger charge is 1.98. The van der Waals surface area contributed by atoms with Crippen LogP contribution in [-0.4, -0.2) is 10.1 Å². The molecule has 0 aliphatic rings. The van der Waals surface area contributed by atoms with Crippen LogP contribution in [-0.2, 0) is 0 Å². The highest BCUT2D eigenvalue weighted by Crippen LogP contribution is 2.09. The van der Waals surface area contributed by atoms with Gasteiger partial charge < -0.3 is 5.11 Å². The number of hydrogen-bond donors (Lipinski definition) is 1. The first-order chi connectivity index (χ1) is 3.63. The Bertz CT molecular complexity index is 44.5. The van der Waals surface area contributed by atoms with Crippen molar-refractivity contribution in [3.8, 4) is 0 Å². The minimum absolute atomic E-state index is 0.301. The second kappa shape index (κ2) is 4.33. The number of aliphatic hydroxyl groups is 1. The zero-order chi connectivity index (χ0) is 6.57. The molecule has 0 saturated heterocycles. The second-order valence-electron chi connectivity index (χ2n) is 2.41. The summed E-state index contributed by atoms with van der Waals surface area (Å²) in [6.45, 7) is 4.30. The van der Waals surface area contributed by atoms with Crippen LogP contribution in [0.4, 0.5) is 0 Å². The number of hydrogen-bond acceptors (Lipinski definition) is 1. The molecule has 0 aliphatic carbocycles. The molecule has 0 spiro atoms.